The summed E-state index contributed by atoms with van der Waals surface area (Å²) in [7, 11) is 0. The number of rotatable bonds is 4. The molecule has 3 aromatic rings. The maximum Gasteiger partial charge on any atom is 0.291 e. The number of hydrogen-bond donors (Lipinski definition) is 1. The molecule has 4 fully saturated rings. The summed E-state index contributed by atoms with van der Waals surface area (Å²) in [5, 5.41) is 8.64. The van der Waals surface area contributed by atoms with E-state index in [9.17, 15) is 9.59 Å². The predicted octanol–water partition coefficient (Wildman–Crippen LogP) is 3.83. The summed E-state index contributed by atoms with van der Waals surface area (Å²) in [6.07, 6.45) is 9.13. The molecule has 0 aromatic carbocycles. The van der Waals surface area contributed by atoms with Crippen LogP contribution in [0.3, 0.4) is 0 Å². The molecule has 0 atom stereocenters. The Labute approximate surface area is 179 Å². The van der Waals surface area contributed by atoms with E-state index in [1.165, 1.54) is 28.8 Å². The average molecular weight is 425 g/mol. The first-order chi connectivity index (χ1) is 14.4. The Morgan fingerprint density at radius 3 is 2.53 bits per heavy atom. The van der Waals surface area contributed by atoms with Crippen LogP contribution >= 0.6 is 11.3 Å². The monoisotopic (exact) mass is 424 g/mol. The van der Waals surface area contributed by atoms with Crippen LogP contribution in [0.2, 0.25) is 0 Å². The van der Waals surface area contributed by atoms with Crippen LogP contribution in [0, 0.1) is 24.7 Å². The van der Waals surface area contributed by atoms with Gasteiger partial charge in [-0.25, -0.2) is 4.68 Å². The second-order valence-corrected chi connectivity index (χ2v) is 11.2. The molecule has 4 aliphatic rings. The van der Waals surface area contributed by atoms with E-state index in [0.717, 1.165) is 59.2 Å². The molecule has 0 radical (unpaired) electrons. The van der Waals surface area contributed by atoms with Crippen molar-refractivity contribution < 1.29 is 4.79 Å². The van der Waals surface area contributed by atoms with E-state index < -0.39 is 0 Å². The Hall–Kier alpha value is -2.15. The largest absolute Gasteiger partial charge is 0.349 e. The fourth-order valence-corrected chi connectivity index (χ4v) is 8.12. The lowest BCUT2D eigenvalue weighted by Gasteiger charge is -2.56. The van der Waals surface area contributed by atoms with Crippen LogP contribution in [0.15, 0.2) is 17.1 Å². The Bertz CT molecular complexity index is 1200. The van der Waals surface area contributed by atoms with Gasteiger partial charge in [0.2, 0.25) is 5.91 Å². The maximum atomic E-state index is 13.3. The molecule has 7 rings (SSSR count). The third-order valence-corrected chi connectivity index (χ3v) is 8.78. The predicted molar refractivity (Wildman–Crippen MR) is 119 cm³/mol. The van der Waals surface area contributed by atoms with Gasteiger partial charge in [-0.3, -0.25) is 9.59 Å². The molecule has 0 saturated heterocycles. The molecular weight excluding hydrogens is 396 g/mol. The third kappa shape index (κ3) is 2.70. The van der Waals surface area contributed by atoms with Crippen molar-refractivity contribution in [2.45, 2.75) is 71.0 Å². The van der Waals surface area contributed by atoms with Crippen LogP contribution in [0.25, 0.3) is 21.1 Å². The van der Waals surface area contributed by atoms with Gasteiger partial charge in [0.1, 0.15) is 12.1 Å². The highest BCUT2D eigenvalue weighted by atomic mass is 32.1. The van der Waals surface area contributed by atoms with Gasteiger partial charge in [-0.05, 0) is 76.2 Å². The van der Waals surface area contributed by atoms with Gasteiger partial charge in [-0.15, -0.1) is 11.3 Å². The number of aryl methyl sites for hydroxylation is 2. The Morgan fingerprint density at radius 1 is 1.23 bits per heavy atom. The van der Waals surface area contributed by atoms with E-state index in [2.05, 4.69) is 34.9 Å². The number of carbonyl (C=O) groups is 1. The summed E-state index contributed by atoms with van der Waals surface area (Å²) in [5.74, 6) is 2.26. The zero-order valence-corrected chi connectivity index (χ0v) is 18.4. The fraction of sp³-hybridized carbons (Fsp3) is 0.609. The number of nitrogens with zero attached hydrogens (tertiary/aromatic N) is 3. The Kier molecular flexibility index (Phi) is 3.98. The number of carbonyl (C=O) groups excluding carboxylic acids is 1. The molecule has 4 aliphatic carbocycles. The number of aromatic nitrogens is 3. The van der Waals surface area contributed by atoms with Crippen LogP contribution in [-0.2, 0) is 17.9 Å². The molecule has 4 bridgehead atoms. The molecule has 6 nitrogen and oxygen atoms in total. The maximum absolute atomic E-state index is 13.3. The second-order valence-electron chi connectivity index (χ2n) is 9.93. The molecule has 3 aromatic heterocycles. The van der Waals surface area contributed by atoms with Crippen molar-refractivity contribution in [3.8, 4) is 0 Å². The van der Waals surface area contributed by atoms with Crippen molar-refractivity contribution in [3.63, 3.8) is 0 Å². The van der Waals surface area contributed by atoms with Crippen LogP contribution in [0.5, 0.6) is 0 Å². The quantitative estimate of drug-likeness (QED) is 0.692. The van der Waals surface area contributed by atoms with Crippen molar-refractivity contribution >= 4 is 38.4 Å². The lowest BCUT2D eigenvalue weighted by molar-refractivity contribution is -0.127. The highest BCUT2D eigenvalue weighted by Gasteiger charge is 2.51. The van der Waals surface area contributed by atoms with Crippen LogP contribution in [-0.4, -0.2) is 25.8 Å². The zero-order valence-electron chi connectivity index (χ0n) is 17.6. The second kappa shape index (κ2) is 6.42. The van der Waals surface area contributed by atoms with Crippen molar-refractivity contribution in [1.29, 1.82) is 0 Å². The lowest BCUT2D eigenvalue weighted by atomic mass is 9.53. The van der Waals surface area contributed by atoms with E-state index in [4.69, 9.17) is 0 Å². The minimum absolute atomic E-state index is 0.00189. The molecule has 0 spiro atoms. The standard InChI is InChI=1S/C23H28N4O2S/c1-3-26-18-4-13(2)30-21(18)17-11-24-27(22(29)20(17)26)12-19(28)25-23-8-14-5-15(9-23)7-16(6-14)10-23/h4,11,14-16H,3,5-10,12H2,1-2H3,(H,25,28). The summed E-state index contributed by atoms with van der Waals surface area (Å²) in [4.78, 5) is 27.5. The van der Waals surface area contributed by atoms with E-state index in [-0.39, 0.29) is 23.6 Å². The molecule has 3 heterocycles. The van der Waals surface area contributed by atoms with Crippen molar-refractivity contribution in [2.24, 2.45) is 17.8 Å². The molecule has 0 unspecified atom stereocenters. The lowest BCUT2D eigenvalue weighted by Crippen LogP contribution is -2.60. The SMILES string of the molecule is CCn1c2cc(C)sc2c2cnn(CC(=O)NC34CC5CC(CC(C5)C3)C4)c(=O)c21. The Balaban J connectivity index is 1.31. The van der Waals surface area contributed by atoms with E-state index in [0.29, 0.717) is 5.52 Å². The summed E-state index contributed by atoms with van der Waals surface area (Å²) >= 11 is 1.69. The topological polar surface area (TPSA) is 68.9 Å². The summed E-state index contributed by atoms with van der Waals surface area (Å²) in [6.45, 7) is 4.85. The van der Waals surface area contributed by atoms with E-state index >= 15 is 0 Å². The fourth-order valence-electron chi connectivity index (χ4n) is 7.10. The highest BCUT2D eigenvalue weighted by molar-refractivity contribution is 7.20. The van der Waals surface area contributed by atoms with Crippen molar-refractivity contribution in [3.05, 3.63) is 27.5 Å². The summed E-state index contributed by atoms with van der Waals surface area (Å²) in [6, 6.07) is 2.13. The number of thiophene rings is 1. The van der Waals surface area contributed by atoms with Gasteiger partial charge in [-0.2, -0.15) is 5.10 Å². The number of hydrogen-bond acceptors (Lipinski definition) is 4. The molecule has 158 valence electrons. The zero-order chi connectivity index (χ0) is 20.6. The minimum atomic E-state index is -0.170. The number of nitrogens with one attached hydrogen (secondary N) is 1. The molecular formula is C23H28N4O2S. The van der Waals surface area contributed by atoms with Gasteiger partial charge in [0.25, 0.3) is 5.56 Å². The van der Waals surface area contributed by atoms with Gasteiger partial charge in [0.15, 0.2) is 0 Å². The number of amides is 1. The van der Waals surface area contributed by atoms with Gasteiger partial charge in [0, 0.05) is 22.3 Å². The van der Waals surface area contributed by atoms with Gasteiger partial charge >= 0.3 is 0 Å². The van der Waals surface area contributed by atoms with Gasteiger partial charge in [0.05, 0.1) is 16.4 Å². The highest BCUT2D eigenvalue weighted by Crippen LogP contribution is 2.55. The first-order valence-corrected chi connectivity index (χ1v) is 12.1. The van der Waals surface area contributed by atoms with Gasteiger partial charge < -0.3 is 9.88 Å². The summed E-state index contributed by atoms with van der Waals surface area (Å²) < 4.78 is 4.52. The first kappa shape index (κ1) is 18.6. The number of fused-ring (bicyclic) bond motifs is 3. The van der Waals surface area contributed by atoms with Crippen LogP contribution in [0.1, 0.15) is 50.3 Å². The normalized spacial score (nSPS) is 29.9. The van der Waals surface area contributed by atoms with Gasteiger partial charge in [-0.1, -0.05) is 0 Å². The van der Waals surface area contributed by atoms with Crippen LogP contribution < -0.4 is 10.9 Å². The van der Waals surface area contributed by atoms with E-state index in [1.54, 1.807) is 17.5 Å². The first-order valence-electron chi connectivity index (χ1n) is 11.2. The smallest absolute Gasteiger partial charge is 0.291 e. The molecule has 1 amide bonds. The van der Waals surface area contributed by atoms with Crippen molar-refractivity contribution in [2.75, 3.05) is 0 Å². The summed E-state index contributed by atoms with van der Waals surface area (Å²) in [5.41, 5.74) is 1.54. The Morgan fingerprint density at radius 2 is 1.90 bits per heavy atom. The van der Waals surface area contributed by atoms with Crippen LogP contribution in [0.4, 0.5) is 0 Å². The molecule has 4 saturated carbocycles. The molecule has 0 aliphatic heterocycles. The van der Waals surface area contributed by atoms with E-state index in [1.807, 2.05) is 0 Å². The minimum Gasteiger partial charge on any atom is -0.349 e. The molecule has 7 heteroatoms. The molecule has 30 heavy (non-hydrogen) atoms. The van der Waals surface area contributed by atoms with Crippen molar-refractivity contribution in [1.82, 2.24) is 19.7 Å². The average Bonchev–Trinajstić information content (AvgIpc) is 3.17. The third-order valence-electron chi connectivity index (χ3n) is 7.71. The molecule has 1 N–H and O–H groups in total.